The van der Waals surface area contributed by atoms with Gasteiger partial charge in [-0.2, -0.15) is 0 Å². The van der Waals surface area contributed by atoms with E-state index in [2.05, 4.69) is 5.32 Å². The number of hydrogen-bond acceptors (Lipinski definition) is 3. The van der Waals surface area contributed by atoms with Crippen LogP contribution in [0.5, 0.6) is 5.75 Å². The minimum Gasteiger partial charge on any atom is -0.488 e. The molecule has 0 atom stereocenters. The van der Waals surface area contributed by atoms with E-state index in [-0.39, 0.29) is 23.8 Å². The Kier molecular flexibility index (Phi) is 5.57. The molecule has 5 nitrogen and oxygen atoms in total. The first-order valence-electron chi connectivity index (χ1n) is 7.70. The van der Waals surface area contributed by atoms with Crippen LogP contribution >= 0.6 is 0 Å². The zero-order valence-electron chi connectivity index (χ0n) is 13.8. The third kappa shape index (κ3) is 4.71. The van der Waals surface area contributed by atoms with Gasteiger partial charge in [0.05, 0.1) is 6.61 Å². The van der Waals surface area contributed by atoms with Gasteiger partial charge in [-0.3, -0.25) is 9.59 Å². The van der Waals surface area contributed by atoms with Crippen LogP contribution in [-0.2, 0) is 11.3 Å². The first-order valence-corrected chi connectivity index (χ1v) is 7.70. The summed E-state index contributed by atoms with van der Waals surface area (Å²) in [6.45, 7) is 6.35. The molecule has 0 bridgehead atoms. The van der Waals surface area contributed by atoms with Crippen molar-refractivity contribution >= 4 is 11.6 Å². The van der Waals surface area contributed by atoms with Gasteiger partial charge in [0.2, 0.25) is 5.91 Å². The Morgan fingerprint density at radius 2 is 1.91 bits per heavy atom. The molecular formula is C18H22N2O3. The molecule has 0 spiro atoms. The number of ether oxygens (including phenoxy) is 1. The highest BCUT2D eigenvalue weighted by Gasteiger charge is 2.09. The van der Waals surface area contributed by atoms with E-state index in [0.717, 1.165) is 23.2 Å². The molecule has 23 heavy (non-hydrogen) atoms. The number of hydrogen-bond donors (Lipinski definition) is 1. The number of nitrogens with one attached hydrogen (secondary N) is 1. The minimum absolute atomic E-state index is 0.0465. The Morgan fingerprint density at radius 1 is 1.22 bits per heavy atom. The minimum atomic E-state index is -0.295. The van der Waals surface area contributed by atoms with Crippen molar-refractivity contribution in [3.8, 4) is 5.75 Å². The predicted molar refractivity (Wildman–Crippen MR) is 91.0 cm³/mol. The second-order valence-electron chi connectivity index (χ2n) is 5.58. The zero-order chi connectivity index (χ0) is 16.8. The van der Waals surface area contributed by atoms with Crippen LogP contribution in [0.3, 0.4) is 0 Å². The lowest BCUT2D eigenvalue weighted by atomic mass is 10.1. The van der Waals surface area contributed by atoms with Gasteiger partial charge in [0.25, 0.3) is 5.56 Å². The molecule has 0 aliphatic heterocycles. The summed E-state index contributed by atoms with van der Waals surface area (Å²) in [6, 6.07) is 9.16. The van der Waals surface area contributed by atoms with Crippen molar-refractivity contribution in [2.45, 2.75) is 33.7 Å². The van der Waals surface area contributed by atoms with Crippen LogP contribution in [0, 0.1) is 13.8 Å². The van der Waals surface area contributed by atoms with Crippen molar-refractivity contribution in [3.05, 3.63) is 58.0 Å². The van der Waals surface area contributed by atoms with Gasteiger partial charge in [0.1, 0.15) is 6.54 Å². The number of aryl methyl sites for hydroxylation is 2. The van der Waals surface area contributed by atoms with E-state index < -0.39 is 0 Å². The van der Waals surface area contributed by atoms with Crippen LogP contribution in [0.25, 0.3) is 0 Å². The highest BCUT2D eigenvalue weighted by Crippen LogP contribution is 2.13. The van der Waals surface area contributed by atoms with Gasteiger partial charge < -0.3 is 14.6 Å². The quantitative estimate of drug-likeness (QED) is 0.892. The van der Waals surface area contributed by atoms with Gasteiger partial charge in [0.15, 0.2) is 5.75 Å². The number of carbonyl (C=O) groups is 1. The van der Waals surface area contributed by atoms with E-state index in [0.29, 0.717) is 6.61 Å². The monoisotopic (exact) mass is 314 g/mol. The fourth-order valence-electron chi connectivity index (χ4n) is 2.36. The second kappa shape index (κ2) is 7.63. The molecule has 1 aromatic carbocycles. The standard InChI is InChI=1S/C18H22N2O3/c1-4-8-23-16-6-5-7-20(18(16)22)12-17(21)19-15-10-13(2)9-14(3)11-15/h5-7,9-11H,4,8,12H2,1-3H3,(H,19,21). The van der Waals surface area contributed by atoms with Crippen molar-refractivity contribution in [2.24, 2.45) is 0 Å². The van der Waals surface area contributed by atoms with E-state index in [1.807, 2.05) is 39.0 Å². The van der Waals surface area contributed by atoms with Crippen LogP contribution in [0.4, 0.5) is 5.69 Å². The summed E-state index contributed by atoms with van der Waals surface area (Å²) in [4.78, 5) is 24.4. The molecule has 1 heterocycles. The average molecular weight is 314 g/mol. The normalized spacial score (nSPS) is 10.4. The molecule has 0 aliphatic carbocycles. The molecule has 0 aliphatic rings. The lowest BCUT2D eigenvalue weighted by Crippen LogP contribution is -2.28. The Hall–Kier alpha value is -2.56. The summed E-state index contributed by atoms with van der Waals surface area (Å²) in [6.07, 6.45) is 2.41. The Morgan fingerprint density at radius 3 is 2.57 bits per heavy atom. The van der Waals surface area contributed by atoms with Gasteiger partial charge in [-0.25, -0.2) is 0 Å². The maximum atomic E-state index is 12.2. The lowest BCUT2D eigenvalue weighted by Gasteiger charge is -2.10. The van der Waals surface area contributed by atoms with Crippen LogP contribution in [0.15, 0.2) is 41.3 Å². The van der Waals surface area contributed by atoms with Crippen molar-refractivity contribution in [1.82, 2.24) is 4.57 Å². The fraction of sp³-hybridized carbons (Fsp3) is 0.333. The molecule has 1 N–H and O–H groups in total. The molecule has 0 unspecified atom stereocenters. The topological polar surface area (TPSA) is 60.3 Å². The molecule has 0 saturated carbocycles. The number of pyridine rings is 1. The SMILES string of the molecule is CCCOc1cccn(CC(=O)Nc2cc(C)cc(C)c2)c1=O. The number of anilines is 1. The third-order valence-corrected chi connectivity index (χ3v) is 3.27. The van der Waals surface area contributed by atoms with Gasteiger partial charge in [0, 0.05) is 11.9 Å². The fourth-order valence-corrected chi connectivity index (χ4v) is 2.36. The molecule has 1 aromatic heterocycles. The Balaban J connectivity index is 2.09. The maximum absolute atomic E-state index is 12.2. The number of rotatable bonds is 6. The summed E-state index contributed by atoms with van der Waals surface area (Å²) >= 11 is 0. The summed E-state index contributed by atoms with van der Waals surface area (Å²) in [5.74, 6) is 0.0262. The van der Waals surface area contributed by atoms with E-state index in [1.54, 1.807) is 18.3 Å². The summed E-state index contributed by atoms with van der Waals surface area (Å²) in [7, 11) is 0. The largest absolute Gasteiger partial charge is 0.488 e. The number of amides is 1. The first kappa shape index (κ1) is 16.8. The van der Waals surface area contributed by atoms with Crippen molar-refractivity contribution in [1.29, 1.82) is 0 Å². The van der Waals surface area contributed by atoms with E-state index >= 15 is 0 Å². The maximum Gasteiger partial charge on any atom is 0.293 e. The number of carbonyl (C=O) groups excluding carboxylic acids is 1. The van der Waals surface area contributed by atoms with Crippen LogP contribution in [0.1, 0.15) is 24.5 Å². The van der Waals surface area contributed by atoms with Crippen molar-refractivity contribution < 1.29 is 9.53 Å². The molecule has 0 radical (unpaired) electrons. The van der Waals surface area contributed by atoms with Crippen molar-refractivity contribution in [3.63, 3.8) is 0 Å². The highest BCUT2D eigenvalue weighted by molar-refractivity contribution is 5.90. The van der Waals surface area contributed by atoms with Crippen LogP contribution in [0.2, 0.25) is 0 Å². The first-order chi connectivity index (χ1) is 11.0. The molecule has 2 rings (SSSR count). The summed E-state index contributed by atoms with van der Waals surface area (Å²) < 4.78 is 6.74. The number of nitrogens with zero attached hydrogens (tertiary/aromatic N) is 1. The van der Waals surface area contributed by atoms with Gasteiger partial charge in [-0.1, -0.05) is 13.0 Å². The zero-order valence-corrected chi connectivity index (χ0v) is 13.8. The Labute approximate surface area is 135 Å². The summed E-state index contributed by atoms with van der Waals surface area (Å²) in [5.41, 5.74) is 2.59. The molecule has 0 saturated heterocycles. The van der Waals surface area contributed by atoms with E-state index in [4.69, 9.17) is 4.74 Å². The van der Waals surface area contributed by atoms with E-state index in [1.165, 1.54) is 4.57 Å². The van der Waals surface area contributed by atoms with Gasteiger partial charge in [-0.05, 0) is 55.7 Å². The second-order valence-corrected chi connectivity index (χ2v) is 5.58. The van der Waals surface area contributed by atoms with Crippen LogP contribution < -0.4 is 15.6 Å². The summed E-state index contributed by atoms with van der Waals surface area (Å²) in [5, 5.41) is 2.82. The third-order valence-electron chi connectivity index (χ3n) is 3.27. The predicted octanol–water partition coefficient (Wildman–Crippen LogP) is 2.89. The van der Waals surface area contributed by atoms with Crippen LogP contribution in [-0.4, -0.2) is 17.1 Å². The lowest BCUT2D eigenvalue weighted by molar-refractivity contribution is -0.116. The molecule has 122 valence electrons. The number of aromatic nitrogens is 1. The smallest absolute Gasteiger partial charge is 0.293 e. The average Bonchev–Trinajstić information content (AvgIpc) is 2.47. The van der Waals surface area contributed by atoms with Gasteiger partial charge >= 0.3 is 0 Å². The van der Waals surface area contributed by atoms with Gasteiger partial charge in [-0.15, -0.1) is 0 Å². The molecular weight excluding hydrogens is 292 g/mol. The number of benzene rings is 1. The highest BCUT2D eigenvalue weighted by atomic mass is 16.5. The van der Waals surface area contributed by atoms with E-state index in [9.17, 15) is 9.59 Å². The molecule has 1 amide bonds. The molecule has 5 heteroatoms. The molecule has 0 fully saturated rings. The Bertz CT molecular complexity index is 730. The molecule has 2 aromatic rings. The van der Waals surface area contributed by atoms with Crippen molar-refractivity contribution in [2.75, 3.05) is 11.9 Å².